The van der Waals surface area contributed by atoms with Crippen LogP contribution in [0.4, 0.5) is 5.69 Å². The van der Waals surface area contributed by atoms with E-state index in [2.05, 4.69) is 22.4 Å². The molecule has 0 spiro atoms. The summed E-state index contributed by atoms with van der Waals surface area (Å²) in [5, 5.41) is 3.74. The number of nitrogens with zero attached hydrogens (tertiary/aromatic N) is 1. The molecular formula is C21H21N3OS. The minimum atomic E-state index is -0.593. The molecule has 0 saturated carbocycles. The first-order valence-corrected chi connectivity index (χ1v) is 9.42. The number of nitrogens with one attached hydrogen (secondary N) is 1. The minimum absolute atomic E-state index is 0.208. The fraction of sp³-hybridized carbons (Fsp3) is 0.143. The molecule has 1 aromatic heterocycles. The third-order valence-electron chi connectivity index (χ3n) is 3.87. The average molecular weight is 363 g/mol. The summed E-state index contributed by atoms with van der Waals surface area (Å²) in [6, 6.07) is 23.2. The van der Waals surface area contributed by atoms with Crippen molar-refractivity contribution in [2.75, 3.05) is 5.32 Å². The summed E-state index contributed by atoms with van der Waals surface area (Å²) in [4.78, 5) is 16.6. The van der Waals surface area contributed by atoms with E-state index in [-0.39, 0.29) is 5.91 Å². The molecule has 132 valence electrons. The lowest BCUT2D eigenvalue weighted by atomic mass is 10.1. The zero-order valence-electron chi connectivity index (χ0n) is 14.3. The highest BCUT2D eigenvalue weighted by Gasteiger charge is 2.14. The van der Waals surface area contributed by atoms with E-state index in [0.29, 0.717) is 12.1 Å². The first-order valence-electron chi connectivity index (χ1n) is 8.44. The lowest BCUT2D eigenvalue weighted by Gasteiger charge is -2.12. The van der Waals surface area contributed by atoms with E-state index < -0.39 is 6.04 Å². The number of nitrogens with two attached hydrogens (primary N) is 1. The van der Waals surface area contributed by atoms with Gasteiger partial charge in [-0.3, -0.25) is 4.79 Å². The third-order valence-corrected chi connectivity index (χ3v) is 4.88. The number of carbonyl (C=O) groups is 1. The third kappa shape index (κ3) is 5.44. The molecule has 0 saturated heterocycles. The van der Waals surface area contributed by atoms with Crippen LogP contribution in [0.25, 0.3) is 0 Å². The topological polar surface area (TPSA) is 68.0 Å². The van der Waals surface area contributed by atoms with Crippen molar-refractivity contribution < 1.29 is 4.79 Å². The van der Waals surface area contributed by atoms with Gasteiger partial charge in [-0.1, -0.05) is 60.7 Å². The van der Waals surface area contributed by atoms with Crippen LogP contribution in [0.5, 0.6) is 0 Å². The van der Waals surface area contributed by atoms with Crippen molar-refractivity contribution in [2.45, 2.75) is 23.2 Å². The Kier molecular flexibility index (Phi) is 6.41. The second kappa shape index (κ2) is 9.17. The quantitative estimate of drug-likeness (QED) is 0.625. The van der Waals surface area contributed by atoms with Crippen molar-refractivity contribution in [3.8, 4) is 0 Å². The Labute approximate surface area is 157 Å². The average Bonchev–Trinajstić information content (AvgIpc) is 2.69. The fourth-order valence-electron chi connectivity index (χ4n) is 2.47. The van der Waals surface area contributed by atoms with Gasteiger partial charge in [0, 0.05) is 5.75 Å². The molecule has 1 amide bonds. The number of benzene rings is 2. The van der Waals surface area contributed by atoms with Crippen LogP contribution in [0.1, 0.15) is 11.1 Å². The zero-order valence-corrected chi connectivity index (χ0v) is 15.2. The number of rotatable bonds is 7. The van der Waals surface area contributed by atoms with E-state index in [9.17, 15) is 4.79 Å². The van der Waals surface area contributed by atoms with Crippen LogP contribution in [0.3, 0.4) is 0 Å². The Morgan fingerprint density at radius 2 is 1.62 bits per heavy atom. The van der Waals surface area contributed by atoms with Crippen molar-refractivity contribution in [3.63, 3.8) is 0 Å². The van der Waals surface area contributed by atoms with Crippen LogP contribution < -0.4 is 11.1 Å². The lowest BCUT2D eigenvalue weighted by Crippen LogP contribution is -2.37. The second-order valence-electron chi connectivity index (χ2n) is 5.94. The van der Waals surface area contributed by atoms with Crippen molar-refractivity contribution in [1.29, 1.82) is 0 Å². The number of aromatic nitrogens is 1. The van der Waals surface area contributed by atoms with Gasteiger partial charge in [-0.2, -0.15) is 0 Å². The monoisotopic (exact) mass is 363 g/mol. The molecule has 0 radical (unpaired) electrons. The molecule has 4 nitrogen and oxygen atoms in total. The predicted octanol–water partition coefficient (Wildman–Crippen LogP) is 3.88. The molecule has 0 aliphatic heterocycles. The van der Waals surface area contributed by atoms with Crippen molar-refractivity contribution >= 4 is 23.4 Å². The Morgan fingerprint density at radius 1 is 0.962 bits per heavy atom. The first kappa shape index (κ1) is 18.2. The molecule has 3 N–H and O–H groups in total. The molecule has 0 bridgehead atoms. The number of carbonyl (C=O) groups excluding carboxylic acids is 1. The van der Waals surface area contributed by atoms with Gasteiger partial charge in [-0.15, -0.1) is 11.8 Å². The largest absolute Gasteiger partial charge is 0.323 e. The van der Waals surface area contributed by atoms with Crippen LogP contribution in [-0.2, 0) is 17.0 Å². The smallest absolute Gasteiger partial charge is 0.241 e. The van der Waals surface area contributed by atoms with E-state index in [1.54, 1.807) is 18.0 Å². The molecule has 0 aliphatic carbocycles. The summed E-state index contributed by atoms with van der Waals surface area (Å²) in [5.74, 6) is 0.655. The van der Waals surface area contributed by atoms with E-state index in [1.807, 2.05) is 60.7 Å². The van der Waals surface area contributed by atoms with Crippen molar-refractivity contribution in [3.05, 3.63) is 90.1 Å². The number of hydrogen-bond acceptors (Lipinski definition) is 4. The minimum Gasteiger partial charge on any atom is -0.323 e. The molecule has 0 fully saturated rings. The highest BCUT2D eigenvalue weighted by molar-refractivity contribution is 7.98. The van der Waals surface area contributed by atoms with Gasteiger partial charge < -0.3 is 11.1 Å². The van der Waals surface area contributed by atoms with Crippen molar-refractivity contribution in [1.82, 2.24) is 4.98 Å². The van der Waals surface area contributed by atoms with E-state index >= 15 is 0 Å². The molecule has 1 atom stereocenters. The molecular weight excluding hydrogens is 342 g/mol. The Balaban J connectivity index is 1.51. The van der Waals surface area contributed by atoms with Crippen LogP contribution >= 0.6 is 11.8 Å². The van der Waals surface area contributed by atoms with Crippen LogP contribution in [0, 0.1) is 0 Å². The van der Waals surface area contributed by atoms with Gasteiger partial charge in [-0.25, -0.2) is 4.98 Å². The van der Waals surface area contributed by atoms with Gasteiger partial charge in [-0.05, 0) is 29.7 Å². The highest BCUT2D eigenvalue weighted by Crippen LogP contribution is 2.21. The van der Waals surface area contributed by atoms with E-state index in [4.69, 9.17) is 5.73 Å². The van der Waals surface area contributed by atoms with Crippen LogP contribution in [0.15, 0.2) is 84.0 Å². The summed E-state index contributed by atoms with van der Waals surface area (Å²) >= 11 is 1.66. The van der Waals surface area contributed by atoms with E-state index in [0.717, 1.165) is 16.3 Å². The van der Waals surface area contributed by atoms with Gasteiger partial charge in [0.2, 0.25) is 5.91 Å². The summed E-state index contributed by atoms with van der Waals surface area (Å²) in [6.45, 7) is 0. The molecule has 0 unspecified atom stereocenters. The van der Waals surface area contributed by atoms with E-state index in [1.165, 1.54) is 5.56 Å². The lowest BCUT2D eigenvalue weighted by molar-refractivity contribution is -0.117. The maximum absolute atomic E-state index is 12.2. The van der Waals surface area contributed by atoms with Gasteiger partial charge in [0.1, 0.15) is 0 Å². The second-order valence-corrected chi connectivity index (χ2v) is 6.94. The highest BCUT2D eigenvalue weighted by atomic mass is 32.2. The zero-order chi connectivity index (χ0) is 18.2. The predicted molar refractivity (Wildman–Crippen MR) is 107 cm³/mol. The summed E-state index contributed by atoms with van der Waals surface area (Å²) in [6.07, 6.45) is 2.17. The molecule has 5 heteroatoms. The summed E-state index contributed by atoms with van der Waals surface area (Å²) < 4.78 is 0. The van der Waals surface area contributed by atoms with Crippen LogP contribution in [-0.4, -0.2) is 16.9 Å². The molecule has 2 aromatic carbocycles. The standard InChI is InChI=1S/C21H21N3OS/c22-19(13-16-7-3-1-4-8-16)21(25)24-18-11-12-20(23-14-18)26-15-17-9-5-2-6-10-17/h1-12,14,19H,13,15,22H2,(H,24,25)/t19-/m0/s1. The number of thioether (sulfide) groups is 1. The van der Waals surface area contributed by atoms with Gasteiger partial charge >= 0.3 is 0 Å². The normalized spacial score (nSPS) is 11.7. The number of amides is 1. The Hall–Kier alpha value is -2.63. The molecule has 0 aliphatic rings. The maximum atomic E-state index is 12.2. The number of anilines is 1. The first-order chi connectivity index (χ1) is 12.7. The Morgan fingerprint density at radius 3 is 2.23 bits per heavy atom. The van der Waals surface area contributed by atoms with Gasteiger partial charge in [0.05, 0.1) is 23.0 Å². The number of hydrogen-bond donors (Lipinski definition) is 2. The molecule has 26 heavy (non-hydrogen) atoms. The van der Waals surface area contributed by atoms with Crippen molar-refractivity contribution in [2.24, 2.45) is 5.73 Å². The van der Waals surface area contributed by atoms with Gasteiger partial charge in [0.25, 0.3) is 0 Å². The fourth-order valence-corrected chi connectivity index (χ4v) is 3.27. The molecule has 3 rings (SSSR count). The maximum Gasteiger partial charge on any atom is 0.241 e. The Bertz CT molecular complexity index is 823. The SMILES string of the molecule is N[C@@H](Cc1ccccc1)C(=O)Nc1ccc(SCc2ccccc2)nc1. The summed E-state index contributed by atoms with van der Waals surface area (Å²) in [7, 11) is 0. The molecule has 3 aromatic rings. The molecule has 1 heterocycles. The summed E-state index contributed by atoms with van der Waals surface area (Å²) in [5.41, 5.74) is 8.95. The van der Waals surface area contributed by atoms with Crippen LogP contribution in [0.2, 0.25) is 0 Å². The van der Waals surface area contributed by atoms with Gasteiger partial charge in [0.15, 0.2) is 0 Å². The number of pyridine rings is 1.